The lowest BCUT2D eigenvalue weighted by Crippen LogP contribution is -2.28. The van der Waals surface area contributed by atoms with Crippen LogP contribution in [0.25, 0.3) is 0 Å². The molecule has 0 aliphatic heterocycles. The summed E-state index contributed by atoms with van der Waals surface area (Å²) in [5, 5.41) is 9.62. The normalized spacial score (nSPS) is 18.5. The molecule has 0 amide bonds. The number of thioether (sulfide) groups is 1. The number of carboxylic acid groups (broad SMARTS) is 1. The highest BCUT2D eigenvalue weighted by molar-refractivity contribution is 8.00. The molecular weight excluding hydrogens is 258 g/mol. The van der Waals surface area contributed by atoms with E-state index in [-0.39, 0.29) is 10.4 Å². The predicted molar refractivity (Wildman–Crippen MR) is 71.1 cm³/mol. The van der Waals surface area contributed by atoms with Gasteiger partial charge in [0.05, 0.1) is 5.02 Å². The zero-order valence-corrected chi connectivity index (χ0v) is 11.4. The van der Waals surface area contributed by atoms with Crippen LogP contribution in [0.4, 0.5) is 0 Å². The molecule has 1 fully saturated rings. The van der Waals surface area contributed by atoms with Gasteiger partial charge in [-0.25, -0.2) is 4.79 Å². The molecule has 1 aromatic rings. The Hall–Kier alpha value is -0.610. The molecule has 1 aliphatic rings. The first kappa shape index (κ1) is 12.8. The van der Waals surface area contributed by atoms with Gasteiger partial charge in [0.25, 0.3) is 0 Å². The van der Waals surface area contributed by atoms with Gasteiger partial charge in [0.2, 0.25) is 0 Å². The van der Waals surface area contributed by atoms with E-state index in [4.69, 9.17) is 16.7 Å². The molecule has 0 atom stereocenters. The number of halogens is 1. The number of nitrogens with zero attached hydrogens (tertiary/aromatic N) is 1. The maximum absolute atomic E-state index is 11.1. The van der Waals surface area contributed by atoms with E-state index in [1.54, 1.807) is 10.8 Å². The van der Waals surface area contributed by atoms with Gasteiger partial charge in [0, 0.05) is 17.5 Å². The van der Waals surface area contributed by atoms with Crippen molar-refractivity contribution in [2.45, 2.75) is 37.0 Å². The Bertz CT molecular complexity index is 424. The number of hydrogen-bond acceptors (Lipinski definition) is 2. The molecule has 1 aliphatic carbocycles. The fraction of sp³-hybridized carbons (Fsp3) is 0.583. The van der Waals surface area contributed by atoms with Gasteiger partial charge in [-0.05, 0) is 25.2 Å². The van der Waals surface area contributed by atoms with Gasteiger partial charge in [-0.2, -0.15) is 11.8 Å². The minimum atomic E-state index is -0.911. The molecule has 0 unspecified atom stereocenters. The summed E-state index contributed by atoms with van der Waals surface area (Å²) in [5.41, 5.74) is 0.287. The summed E-state index contributed by atoms with van der Waals surface area (Å²) in [6, 6.07) is 1.52. The smallest absolute Gasteiger partial charge is 0.352 e. The first-order valence-corrected chi connectivity index (χ1v) is 7.31. The summed E-state index contributed by atoms with van der Waals surface area (Å²) in [6.07, 6.45) is 8.61. The van der Waals surface area contributed by atoms with Gasteiger partial charge in [-0.1, -0.05) is 24.4 Å². The van der Waals surface area contributed by atoms with Crippen LogP contribution in [0.1, 0.15) is 36.2 Å². The topological polar surface area (TPSA) is 42.2 Å². The molecule has 1 N–H and O–H groups in total. The number of hydrogen-bond donors (Lipinski definition) is 1. The van der Waals surface area contributed by atoms with Crippen molar-refractivity contribution in [2.24, 2.45) is 0 Å². The zero-order chi connectivity index (χ0) is 12.5. The summed E-state index contributed by atoms with van der Waals surface area (Å²) >= 11 is 7.74. The molecule has 0 spiro atoms. The summed E-state index contributed by atoms with van der Waals surface area (Å²) in [6.45, 7) is 0.739. The first-order chi connectivity index (χ1) is 8.06. The Balaban J connectivity index is 2.25. The van der Waals surface area contributed by atoms with Crippen LogP contribution in [0.5, 0.6) is 0 Å². The summed E-state index contributed by atoms with van der Waals surface area (Å²) < 4.78 is 1.97. The van der Waals surface area contributed by atoms with E-state index in [0.29, 0.717) is 5.02 Å². The van der Waals surface area contributed by atoms with Crippen molar-refractivity contribution in [3.05, 3.63) is 23.0 Å². The molecule has 17 heavy (non-hydrogen) atoms. The third-order valence-corrected chi connectivity index (χ3v) is 5.10. The Morgan fingerprint density at radius 3 is 2.76 bits per heavy atom. The van der Waals surface area contributed by atoms with E-state index < -0.39 is 5.97 Å². The van der Waals surface area contributed by atoms with Crippen molar-refractivity contribution in [2.75, 3.05) is 6.26 Å². The van der Waals surface area contributed by atoms with Gasteiger partial charge in [-0.3, -0.25) is 0 Å². The molecule has 2 rings (SSSR count). The molecule has 1 aromatic heterocycles. The summed E-state index contributed by atoms with van der Waals surface area (Å²) in [4.78, 5) is 11.1. The Labute approximate surface area is 110 Å². The van der Waals surface area contributed by atoms with E-state index in [2.05, 4.69) is 6.26 Å². The molecule has 0 radical (unpaired) electrons. The van der Waals surface area contributed by atoms with Gasteiger partial charge in [0.15, 0.2) is 0 Å². The van der Waals surface area contributed by atoms with E-state index in [1.807, 2.05) is 11.8 Å². The largest absolute Gasteiger partial charge is 0.477 e. The maximum atomic E-state index is 11.1. The van der Waals surface area contributed by atoms with Crippen molar-refractivity contribution in [1.82, 2.24) is 4.57 Å². The Morgan fingerprint density at radius 1 is 1.59 bits per heavy atom. The number of carboxylic acids is 1. The van der Waals surface area contributed by atoms with E-state index >= 15 is 0 Å². The van der Waals surface area contributed by atoms with Crippen molar-refractivity contribution in [3.8, 4) is 0 Å². The fourth-order valence-corrected chi connectivity index (χ4v) is 3.73. The molecule has 5 heteroatoms. The van der Waals surface area contributed by atoms with Gasteiger partial charge < -0.3 is 9.67 Å². The average molecular weight is 274 g/mol. The van der Waals surface area contributed by atoms with Crippen molar-refractivity contribution in [1.29, 1.82) is 0 Å². The minimum absolute atomic E-state index is 0.187. The van der Waals surface area contributed by atoms with Crippen LogP contribution in [0.3, 0.4) is 0 Å². The first-order valence-electron chi connectivity index (χ1n) is 5.70. The van der Waals surface area contributed by atoms with E-state index in [0.717, 1.165) is 19.4 Å². The van der Waals surface area contributed by atoms with Crippen LogP contribution in [0.15, 0.2) is 12.3 Å². The van der Waals surface area contributed by atoms with Crippen LogP contribution in [-0.4, -0.2) is 26.6 Å². The highest BCUT2D eigenvalue weighted by atomic mass is 35.5. The highest BCUT2D eigenvalue weighted by Crippen LogP contribution is 2.42. The fourth-order valence-electron chi connectivity index (χ4n) is 2.54. The molecule has 0 saturated heterocycles. The predicted octanol–water partition coefficient (Wildman–Crippen LogP) is 3.52. The van der Waals surface area contributed by atoms with Gasteiger partial charge in [-0.15, -0.1) is 0 Å². The summed E-state index contributed by atoms with van der Waals surface area (Å²) in [7, 11) is 0. The van der Waals surface area contributed by atoms with Gasteiger partial charge >= 0.3 is 5.97 Å². The number of rotatable bonds is 4. The van der Waals surface area contributed by atoms with E-state index in [9.17, 15) is 4.79 Å². The van der Waals surface area contributed by atoms with E-state index in [1.165, 1.54) is 18.9 Å². The molecule has 94 valence electrons. The quantitative estimate of drug-likeness (QED) is 0.913. The lowest BCUT2D eigenvalue weighted by molar-refractivity contribution is 0.0684. The molecule has 1 heterocycles. The molecule has 0 aromatic carbocycles. The lowest BCUT2D eigenvalue weighted by atomic mass is 10.1. The number of carbonyl (C=O) groups is 1. The third-order valence-electron chi connectivity index (χ3n) is 3.49. The SMILES string of the molecule is CSC1(Cn2cc(Cl)cc2C(=O)O)CCCC1. The monoisotopic (exact) mass is 273 g/mol. The van der Waals surface area contributed by atoms with Crippen LogP contribution in [0, 0.1) is 0 Å². The third kappa shape index (κ3) is 2.63. The molecule has 1 saturated carbocycles. The second kappa shape index (κ2) is 4.94. The second-order valence-electron chi connectivity index (χ2n) is 4.57. The highest BCUT2D eigenvalue weighted by Gasteiger charge is 2.34. The molecule has 0 bridgehead atoms. The standard InChI is InChI=1S/C12H16ClNO2S/c1-17-12(4-2-3-5-12)8-14-7-9(13)6-10(14)11(15)16/h6-7H,2-5,8H2,1H3,(H,15,16). The van der Waals surface area contributed by atoms with Crippen LogP contribution in [-0.2, 0) is 6.54 Å². The van der Waals surface area contributed by atoms with Gasteiger partial charge in [0.1, 0.15) is 5.69 Å². The van der Waals surface area contributed by atoms with Crippen molar-refractivity contribution < 1.29 is 9.90 Å². The van der Waals surface area contributed by atoms with Crippen LogP contribution >= 0.6 is 23.4 Å². The summed E-state index contributed by atoms with van der Waals surface area (Å²) in [5.74, 6) is -0.911. The number of aromatic nitrogens is 1. The molecular formula is C12H16ClNO2S. The Kier molecular flexibility index (Phi) is 3.73. The Morgan fingerprint density at radius 2 is 2.24 bits per heavy atom. The minimum Gasteiger partial charge on any atom is -0.477 e. The second-order valence-corrected chi connectivity index (χ2v) is 6.28. The van der Waals surface area contributed by atoms with Crippen molar-refractivity contribution in [3.63, 3.8) is 0 Å². The van der Waals surface area contributed by atoms with Crippen LogP contribution in [0.2, 0.25) is 5.02 Å². The van der Waals surface area contributed by atoms with Crippen molar-refractivity contribution >= 4 is 29.3 Å². The zero-order valence-electron chi connectivity index (χ0n) is 9.78. The van der Waals surface area contributed by atoms with Crippen LogP contribution < -0.4 is 0 Å². The lowest BCUT2D eigenvalue weighted by Gasteiger charge is -2.27. The number of aromatic carboxylic acids is 1. The maximum Gasteiger partial charge on any atom is 0.352 e. The molecule has 3 nitrogen and oxygen atoms in total. The average Bonchev–Trinajstić information content (AvgIpc) is 2.87.